The summed E-state index contributed by atoms with van der Waals surface area (Å²) in [6.45, 7) is 1.99. The predicted molar refractivity (Wildman–Crippen MR) is 112 cm³/mol. The van der Waals surface area contributed by atoms with Gasteiger partial charge in [0, 0.05) is 10.7 Å². The summed E-state index contributed by atoms with van der Waals surface area (Å²) >= 11 is 5.88. The number of sulfonamides is 1. The van der Waals surface area contributed by atoms with Crippen LogP contribution in [0.5, 0.6) is 0 Å². The lowest BCUT2D eigenvalue weighted by atomic mass is 10.1. The van der Waals surface area contributed by atoms with Gasteiger partial charge in [0.15, 0.2) is 0 Å². The number of amides is 1. The third-order valence-electron chi connectivity index (χ3n) is 4.01. The molecule has 3 aromatic rings. The zero-order valence-electron chi connectivity index (χ0n) is 15.1. The molecular formula is C21H19ClN2O3S. The van der Waals surface area contributed by atoms with E-state index in [-0.39, 0.29) is 17.2 Å². The average Bonchev–Trinajstić information content (AvgIpc) is 2.64. The van der Waals surface area contributed by atoms with E-state index < -0.39 is 10.0 Å². The van der Waals surface area contributed by atoms with Crippen LogP contribution >= 0.6 is 11.6 Å². The van der Waals surface area contributed by atoms with Crippen molar-refractivity contribution in [2.24, 2.45) is 0 Å². The minimum Gasteiger partial charge on any atom is -0.326 e. The van der Waals surface area contributed by atoms with E-state index in [4.69, 9.17) is 11.6 Å². The van der Waals surface area contributed by atoms with Crippen molar-refractivity contribution in [3.05, 3.63) is 88.9 Å². The summed E-state index contributed by atoms with van der Waals surface area (Å²) in [4.78, 5) is 12.3. The van der Waals surface area contributed by atoms with Gasteiger partial charge in [0.2, 0.25) is 5.91 Å². The van der Waals surface area contributed by atoms with E-state index in [0.717, 1.165) is 11.1 Å². The van der Waals surface area contributed by atoms with E-state index in [1.54, 1.807) is 30.3 Å². The number of nitrogens with one attached hydrogen (secondary N) is 2. The van der Waals surface area contributed by atoms with Crippen LogP contribution < -0.4 is 10.0 Å². The van der Waals surface area contributed by atoms with Gasteiger partial charge in [0.05, 0.1) is 17.0 Å². The Bertz CT molecular complexity index is 1080. The zero-order valence-corrected chi connectivity index (χ0v) is 16.7. The Hall–Kier alpha value is -2.83. The number of benzene rings is 3. The van der Waals surface area contributed by atoms with Crippen molar-refractivity contribution >= 4 is 38.9 Å². The van der Waals surface area contributed by atoms with Gasteiger partial charge in [-0.05, 0) is 55.0 Å². The lowest BCUT2D eigenvalue weighted by Gasteiger charge is -2.10. The van der Waals surface area contributed by atoms with Gasteiger partial charge in [-0.25, -0.2) is 8.42 Å². The SMILES string of the molecule is Cc1ccc(CC(=O)Nc2ccc(S(=O)(=O)Nc3cccc(Cl)c3)cc2)cc1. The number of aryl methyl sites for hydroxylation is 1. The van der Waals surface area contributed by atoms with E-state index in [1.165, 1.54) is 18.2 Å². The fourth-order valence-electron chi connectivity index (χ4n) is 2.58. The van der Waals surface area contributed by atoms with Crippen LogP contribution in [-0.4, -0.2) is 14.3 Å². The Morgan fingerprint density at radius 1 is 0.929 bits per heavy atom. The van der Waals surface area contributed by atoms with Gasteiger partial charge < -0.3 is 5.32 Å². The Labute approximate surface area is 169 Å². The highest BCUT2D eigenvalue weighted by Crippen LogP contribution is 2.21. The molecule has 0 atom stereocenters. The second-order valence-corrected chi connectivity index (χ2v) is 8.47. The fourth-order valence-corrected chi connectivity index (χ4v) is 3.82. The molecule has 144 valence electrons. The molecule has 0 heterocycles. The molecule has 0 aliphatic heterocycles. The number of carbonyl (C=O) groups excluding carboxylic acids is 1. The summed E-state index contributed by atoms with van der Waals surface area (Å²) in [6.07, 6.45) is 0.247. The second kappa shape index (κ2) is 8.46. The number of hydrogen-bond acceptors (Lipinski definition) is 3. The average molecular weight is 415 g/mol. The van der Waals surface area contributed by atoms with Crippen molar-refractivity contribution in [1.82, 2.24) is 0 Å². The first-order valence-corrected chi connectivity index (χ1v) is 10.4. The maximum absolute atomic E-state index is 12.5. The molecule has 0 aromatic heterocycles. The number of rotatable bonds is 6. The van der Waals surface area contributed by atoms with E-state index >= 15 is 0 Å². The van der Waals surface area contributed by atoms with Crippen LogP contribution in [0.15, 0.2) is 77.7 Å². The van der Waals surface area contributed by atoms with Crippen molar-refractivity contribution in [1.29, 1.82) is 0 Å². The van der Waals surface area contributed by atoms with Crippen LogP contribution in [0.4, 0.5) is 11.4 Å². The monoisotopic (exact) mass is 414 g/mol. The molecule has 3 aromatic carbocycles. The van der Waals surface area contributed by atoms with Crippen LogP contribution in [0.1, 0.15) is 11.1 Å². The molecule has 2 N–H and O–H groups in total. The summed E-state index contributed by atoms with van der Waals surface area (Å²) in [6, 6.07) is 20.2. The smallest absolute Gasteiger partial charge is 0.261 e. The number of halogens is 1. The van der Waals surface area contributed by atoms with Crippen molar-refractivity contribution in [3.63, 3.8) is 0 Å². The normalized spacial score (nSPS) is 11.1. The molecule has 3 rings (SSSR count). The van der Waals surface area contributed by atoms with E-state index in [2.05, 4.69) is 10.0 Å². The van der Waals surface area contributed by atoms with Crippen molar-refractivity contribution in [2.45, 2.75) is 18.2 Å². The van der Waals surface area contributed by atoms with Crippen LogP contribution in [-0.2, 0) is 21.2 Å². The summed E-state index contributed by atoms with van der Waals surface area (Å²) in [5, 5.41) is 3.21. The van der Waals surface area contributed by atoms with Crippen LogP contribution in [0, 0.1) is 6.92 Å². The predicted octanol–water partition coefficient (Wildman–Crippen LogP) is 4.63. The number of anilines is 2. The Morgan fingerprint density at radius 2 is 1.61 bits per heavy atom. The highest BCUT2D eigenvalue weighted by Gasteiger charge is 2.14. The Morgan fingerprint density at radius 3 is 2.25 bits per heavy atom. The second-order valence-electron chi connectivity index (χ2n) is 6.35. The summed E-state index contributed by atoms with van der Waals surface area (Å²) < 4.78 is 27.4. The van der Waals surface area contributed by atoms with Gasteiger partial charge in [-0.15, -0.1) is 0 Å². The summed E-state index contributed by atoms with van der Waals surface area (Å²) in [5.41, 5.74) is 2.95. The molecule has 1 amide bonds. The largest absolute Gasteiger partial charge is 0.326 e. The standard InChI is InChI=1S/C21H19ClN2O3S/c1-15-5-7-16(8-6-15)13-21(25)23-18-9-11-20(12-10-18)28(26,27)24-19-4-2-3-17(22)14-19/h2-12,14,24H,13H2,1H3,(H,23,25). The molecule has 0 saturated carbocycles. The molecule has 5 nitrogen and oxygen atoms in total. The van der Waals surface area contributed by atoms with Gasteiger partial charge in [0.1, 0.15) is 0 Å². The van der Waals surface area contributed by atoms with Gasteiger partial charge >= 0.3 is 0 Å². The topological polar surface area (TPSA) is 75.3 Å². The third kappa shape index (κ3) is 5.34. The van der Waals surface area contributed by atoms with Crippen LogP contribution in [0.25, 0.3) is 0 Å². The first-order valence-electron chi connectivity index (χ1n) is 8.56. The number of carbonyl (C=O) groups is 1. The zero-order chi connectivity index (χ0) is 20.1. The molecule has 0 unspecified atom stereocenters. The van der Waals surface area contributed by atoms with Gasteiger partial charge in [-0.1, -0.05) is 47.5 Å². The fraction of sp³-hybridized carbons (Fsp3) is 0.0952. The van der Waals surface area contributed by atoms with E-state index in [0.29, 0.717) is 16.4 Å². The molecule has 0 spiro atoms. The minimum atomic E-state index is -3.75. The van der Waals surface area contributed by atoms with Gasteiger partial charge in [-0.2, -0.15) is 0 Å². The minimum absolute atomic E-state index is 0.0870. The molecule has 0 radical (unpaired) electrons. The molecule has 0 aliphatic rings. The van der Waals surface area contributed by atoms with E-state index in [9.17, 15) is 13.2 Å². The molecule has 0 aliphatic carbocycles. The molecule has 0 saturated heterocycles. The quantitative estimate of drug-likeness (QED) is 0.617. The highest BCUT2D eigenvalue weighted by atomic mass is 35.5. The Kier molecular flexibility index (Phi) is 6.02. The maximum atomic E-state index is 12.5. The molecular weight excluding hydrogens is 396 g/mol. The van der Waals surface area contributed by atoms with Gasteiger partial charge in [-0.3, -0.25) is 9.52 Å². The Balaban J connectivity index is 1.65. The lowest BCUT2D eigenvalue weighted by molar-refractivity contribution is -0.115. The molecule has 28 heavy (non-hydrogen) atoms. The maximum Gasteiger partial charge on any atom is 0.261 e. The van der Waals surface area contributed by atoms with Crippen molar-refractivity contribution < 1.29 is 13.2 Å². The highest BCUT2D eigenvalue weighted by molar-refractivity contribution is 7.92. The van der Waals surface area contributed by atoms with Crippen LogP contribution in [0.2, 0.25) is 5.02 Å². The van der Waals surface area contributed by atoms with Crippen LogP contribution in [0.3, 0.4) is 0 Å². The van der Waals surface area contributed by atoms with E-state index in [1.807, 2.05) is 31.2 Å². The summed E-state index contributed by atoms with van der Waals surface area (Å²) in [7, 11) is -3.75. The first kappa shape index (κ1) is 19.9. The number of hydrogen-bond donors (Lipinski definition) is 2. The summed E-state index contributed by atoms with van der Waals surface area (Å²) in [5.74, 6) is -0.170. The first-order chi connectivity index (χ1) is 13.3. The third-order valence-corrected chi connectivity index (χ3v) is 5.64. The molecule has 0 bridgehead atoms. The van der Waals surface area contributed by atoms with Gasteiger partial charge in [0.25, 0.3) is 10.0 Å². The van der Waals surface area contributed by atoms with Crippen molar-refractivity contribution in [2.75, 3.05) is 10.0 Å². The molecule has 0 fully saturated rings. The van der Waals surface area contributed by atoms with Crippen molar-refractivity contribution in [3.8, 4) is 0 Å². The lowest BCUT2D eigenvalue weighted by Crippen LogP contribution is -2.15. The molecule has 7 heteroatoms.